The number of nitrogens with zero attached hydrogens (tertiary/aromatic N) is 2. The molecular weight excluding hydrogens is 332 g/mol. The summed E-state index contributed by atoms with van der Waals surface area (Å²) < 4.78 is 14.9. The van der Waals surface area contributed by atoms with E-state index in [1.54, 1.807) is 26.2 Å². The van der Waals surface area contributed by atoms with Gasteiger partial charge in [0.15, 0.2) is 0 Å². The molecule has 1 aromatic carbocycles. The molecule has 2 aromatic rings. The van der Waals surface area contributed by atoms with Crippen molar-refractivity contribution in [2.24, 2.45) is 0 Å². The van der Waals surface area contributed by atoms with E-state index in [1.807, 2.05) is 0 Å². The zero-order chi connectivity index (χ0) is 14.0. The lowest BCUT2D eigenvalue weighted by Gasteiger charge is -2.12. The summed E-state index contributed by atoms with van der Waals surface area (Å²) in [6.45, 7) is 1.75. The molecule has 0 atom stereocenters. The van der Waals surface area contributed by atoms with Gasteiger partial charge >= 0.3 is 0 Å². The Kier molecular flexibility index (Phi) is 4.16. The van der Waals surface area contributed by atoms with Crippen LogP contribution >= 0.6 is 27.5 Å². The number of carbonyl (C=O) groups excluding carboxylic acids is 1. The van der Waals surface area contributed by atoms with E-state index in [9.17, 15) is 4.79 Å². The number of halogens is 1. The molecule has 0 radical (unpaired) electrons. The largest absolute Gasteiger partial charge is 0.495 e. The number of aromatic nitrogens is 2. The quantitative estimate of drug-likeness (QED) is 0.799. The third-order valence-corrected chi connectivity index (χ3v) is 4.17. The number of hydrogen-bond acceptors (Lipinski definition) is 6. The number of methoxy groups -OCH3 is 2. The molecule has 0 spiro atoms. The molecule has 0 N–H and O–H groups in total. The Balaban J connectivity index is 2.54. The Labute approximate surface area is 122 Å². The molecule has 0 aliphatic rings. The fourth-order valence-corrected chi connectivity index (χ4v) is 2.92. The van der Waals surface area contributed by atoms with E-state index in [4.69, 9.17) is 9.47 Å². The van der Waals surface area contributed by atoms with Crippen molar-refractivity contribution in [1.29, 1.82) is 0 Å². The fraction of sp³-hybridized carbons (Fsp3) is 0.250. The van der Waals surface area contributed by atoms with Crippen LogP contribution in [0.5, 0.6) is 11.5 Å². The fourth-order valence-electron chi connectivity index (χ4n) is 1.64. The summed E-state index contributed by atoms with van der Waals surface area (Å²) in [6.07, 6.45) is 0. The van der Waals surface area contributed by atoms with Crippen molar-refractivity contribution < 1.29 is 14.3 Å². The van der Waals surface area contributed by atoms with Crippen LogP contribution < -0.4 is 9.47 Å². The van der Waals surface area contributed by atoms with Gasteiger partial charge in [0.05, 0.1) is 25.5 Å². The van der Waals surface area contributed by atoms with Crippen molar-refractivity contribution >= 4 is 33.2 Å². The number of hydrogen-bond donors (Lipinski definition) is 0. The molecule has 100 valence electrons. The number of ether oxygens (including phenoxy) is 2. The topological polar surface area (TPSA) is 61.3 Å². The van der Waals surface area contributed by atoms with E-state index in [-0.39, 0.29) is 5.78 Å². The van der Waals surface area contributed by atoms with Gasteiger partial charge in [0.25, 0.3) is 0 Å². The van der Waals surface area contributed by atoms with Gasteiger partial charge in [-0.15, -0.1) is 5.10 Å². The van der Waals surface area contributed by atoms with E-state index in [2.05, 4.69) is 25.5 Å². The van der Waals surface area contributed by atoms with Gasteiger partial charge in [0.2, 0.25) is 5.78 Å². The maximum atomic E-state index is 12.4. The van der Waals surface area contributed by atoms with Crippen LogP contribution in [0.3, 0.4) is 0 Å². The predicted octanol–water partition coefficient (Wildman–Crippen LogP) is 2.86. The standard InChI is InChI=1S/C12H11BrN2O3S/c1-6-12(19-15-14-6)10(16)7-4-5-8(17-2)9(13)11(7)18-3/h4-5H,1-3H3. The second-order valence-electron chi connectivity index (χ2n) is 3.68. The lowest BCUT2D eigenvalue weighted by molar-refractivity contribution is 0.103. The number of aryl methyl sites for hydroxylation is 1. The second-order valence-corrected chi connectivity index (χ2v) is 5.23. The molecule has 0 aliphatic carbocycles. The summed E-state index contributed by atoms with van der Waals surface area (Å²) in [5.41, 5.74) is 1.06. The van der Waals surface area contributed by atoms with Crippen molar-refractivity contribution in [1.82, 2.24) is 9.59 Å². The maximum absolute atomic E-state index is 12.4. The highest BCUT2D eigenvalue weighted by Gasteiger charge is 2.22. The molecule has 1 heterocycles. The predicted molar refractivity (Wildman–Crippen MR) is 75.3 cm³/mol. The second kappa shape index (κ2) is 5.66. The van der Waals surface area contributed by atoms with Crippen molar-refractivity contribution in [3.05, 3.63) is 32.7 Å². The Morgan fingerprint density at radius 2 is 2.05 bits per heavy atom. The highest BCUT2D eigenvalue weighted by Crippen LogP contribution is 2.38. The minimum atomic E-state index is -0.160. The number of ketones is 1. The lowest BCUT2D eigenvalue weighted by atomic mass is 10.1. The first-order chi connectivity index (χ1) is 9.10. The van der Waals surface area contributed by atoms with E-state index in [1.165, 1.54) is 7.11 Å². The van der Waals surface area contributed by atoms with Gasteiger partial charge in [-0.25, -0.2) is 0 Å². The summed E-state index contributed by atoms with van der Waals surface area (Å²) >= 11 is 4.45. The van der Waals surface area contributed by atoms with Gasteiger partial charge in [-0.1, -0.05) is 4.49 Å². The number of carbonyl (C=O) groups is 1. The average Bonchev–Trinajstić information content (AvgIpc) is 2.83. The highest BCUT2D eigenvalue weighted by atomic mass is 79.9. The molecule has 2 rings (SSSR count). The zero-order valence-electron chi connectivity index (χ0n) is 10.6. The molecule has 1 aromatic heterocycles. The number of rotatable bonds is 4. The SMILES string of the molecule is COc1ccc(C(=O)c2snnc2C)c(OC)c1Br. The Bertz CT molecular complexity index is 627. The van der Waals surface area contributed by atoms with E-state index in [0.29, 0.717) is 32.1 Å². The van der Waals surface area contributed by atoms with Gasteiger partial charge in [0, 0.05) is 0 Å². The molecule has 0 unspecified atom stereocenters. The summed E-state index contributed by atoms with van der Waals surface area (Å²) in [6, 6.07) is 3.38. The van der Waals surface area contributed by atoms with Gasteiger partial charge in [-0.2, -0.15) is 0 Å². The molecule has 0 saturated carbocycles. The summed E-state index contributed by atoms with van der Waals surface area (Å²) in [5, 5.41) is 3.85. The van der Waals surface area contributed by atoms with Crippen molar-refractivity contribution in [3.8, 4) is 11.5 Å². The average molecular weight is 343 g/mol. The van der Waals surface area contributed by atoms with Crippen LogP contribution in [-0.2, 0) is 0 Å². The molecule has 0 bridgehead atoms. The first kappa shape index (κ1) is 14.0. The van der Waals surface area contributed by atoms with Crippen LogP contribution in [-0.4, -0.2) is 29.6 Å². The van der Waals surface area contributed by atoms with Crippen molar-refractivity contribution in [2.75, 3.05) is 14.2 Å². The van der Waals surface area contributed by atoms with Crippen LogP contribution in [0, 0.1) is 6.92 Å². The Hall–Kier alpha value is -1.47. The third-order valence-electron chi connectivity index (χ3n) is 2.59. The molecule has 7 heteroatoms. The smallest absolute Gasteiger partial charge is 0.210 e. The highest BCUT2D eigenvalue weighted by molar-refractivity contribution is 9.10. The monoisotopic (exact) mass is 342 g/mol. The van der Waals surface area contributed by atoms with Gasteiger partial charge in [-0.3, -0.25) is 4.79 Å². The molecule has 5 nitrogen and oxygen atoms in total. The Morgan fingerprint density at radius 1 is 1.32 bits per heavy atom. The summed E-state index contributed by atoms with van der Waals surface area (Å²) in [5.74, 6) is 0.886. The first-order valence-electron chi connectivity index (χ1n) is 5.34. The molecule has 0 saturated heterocycles. The molecular formula is C12H11BrN2O3S. The Morgan fingerprint density at radius 3 is 2.58 bits per heavy atom. The molecule has 0 fully saturated rings. The van der Waals surface area contributed by atoms with E-state index >= 15 is 0 Å². The molecule has 0 aliphatic heterocycles. The lowest BCUT2D eigenvalue weighted by Crippen LogP contribution is -2.05. The van der Waals surface area contributed by atoms with Crippen LogP contribution in [0.15, 0.2) is 16.6 Å². The summed E-state index contributed by atoms with van der Waals surface area (Å²) in [4.78, 5) is 13.0. The van der Waals surface area contributed by atoms with Crippen LogP contribution in [0.2, 0.25) is 0 Å². The third kappa shape index (κ3) is 2.48. The molecule has 0 amide bonds. The summed E-state index contributed by atoms with van der Waals surface area (Å²) in [7, 11) is 3.06. The molecule has 19 heavy (non-hydrogen) atoms. The first-order valence-corrected chi connectivity index (χ1v) is 6.91. The van der Waals surface area contributed by atoms with Gasteiger partial charge in [0.1, 0.15) is 20.8 Å². The minimum absolute atomic E-state index is 0.160. The van der Waals surface area contributed by atoms with Crippen LogP contribution in [0.1, 0.15) is 20.9 Å². The van der Waals surface area contributed by atoms with E-state index in [0.717, 1.165) is 11.5 Å². The van der Waals surface area contributed by atoms with E-state index < -0.39 is 0 Å². The van der Waals surface area contributed by atoms with Crippen molar-refractivity contribution in [2.45, 2.75) is 6.92 Å². The van der Waals surface area contributed by atoms with Gasteiger partial charge in [-0.05, 0) is 46.5 Å². The van der Waals surface area contributed by atoms with Crippen LogP contribution in [0.4, 0.5) is 0 Å². The number of benzene rings is 1. The van der Waals surface area contributed by atoms with Gasteiger partial charge < -0.3 is 9.47 Å². The maximum Gasteiger partial charge on any atom is 0.210 e. The van der Waals surface area contributed by atoms with Crippen LogP contribution in [0.25, 0.3) is 0 Å². The normalized spacial score (nSPS) is 10.3. The minimum Gasteiger partial charge on any atom is -0.495 e. The zero-order valence-corrected chi connectivity index (χ0v) is 13.0. The van der Waals surface area contributed by atoms with Crippen molar-refractivity contribution in [3.63, 3.8) is 0 Å².